The number of rotatable bonds is 3. The highest BCUT2D eigenvalue weighted by Gasteiger charge is 2.21. The van der Waals surface area contributed by atoms with Gasteiger partial charge in [-0.05, 0) is 55.9 Å². The summed E-state index contributed by atoms with van der Waals surface area (Å²) >= 11 is 6.31. The van der Waals surface area contributed by atoms with Gasteiger partial charge < -0.3 is 24.7 Å². The molecule has 2 aliphatic rings. The number of esters is 1. The van der Waals surface area contributed by atoms with E-state index in [4.69, 9.17) is 21.2 Å². The Bertz CT molecular complexity index is 937. The van der Waals surface area contributed by atoms with Gasteiger partial charge in [0, 0.05) is 19.5 Å². The number of nitrogens with zero attached hydrogens (tertiary/aromatic N) is 2. The van der Waals surface area contributed by atoms with Crippen LogP contribution in [0.1, 0.15) is 48.0 Å². The lowest BCUT2D eigenvalue weighted by molar-refractivity contribution is -0.137. The Morgan fingerprint density at radius 3 is 2.76 bits per heavy atom. The largest absolute Gasteiger partial charge is 0.506 e. The van der Waals surface area contributed by atoms with Crippen molar-refractivity contribution < 1.29 is 29.4 Å². The van der Waals surface area contributed by atoms with Crippen molar-refractivity contribution in [1.29, 1.82) is 0 Å². The molecule has 1 saturated heterocycles. The van der Waals surface area contributed by atoms with Crippen LogP contribution in [0.5, 0.6) is 5.75 Å². The molecule has 0 aromatic heterocycles. The quantitative estimate of drug-likeness (QED) is 0.393. The molecule has 0 bridgehead atoms. The lowest BCUT2D eigenvalue weighted by Crippen LogP contribution is -2.37. The van der Waals surface area contributed by atoms with Crippen LogP contribution >= 0.6 is 11.6 Å². The summed E-state index contributed by atoms with van der Waals surface area (Å²) in [5.41, 5.74) is 0.902. The average Bonchev–Trinajstić information content (AvgIpc) is 2.82. The highest BCUT2D eigenvalue weighted by atomic mass is 35.5. The van der Waals surface area contributed by atoms with Crippen LogP contribution in [0, 0.1) is 0 Å². The van der Waals surface area contributed by atoms with Crippen molar-refractivity contribution in [2.75, 3.05) is 26.3 Å². The number of piperidine rings is 1. The second kappa shape index (κ2) is 12.4. The molecule has 9 heteroatoms. The number of benzene rings is 1. The van der Waals surface area contributed by atoms with E-state index in [1.807, 2.05) is 12.2 Å². The first kappa shape index (κ1) is 24.8. The van der Waals surface area contributed by atoms with Crippen LogP contribution < -0.4 is 0 Å². The van der Waals surface area contributed by atoms with Crippen molar-refractivity contribution in [2.45, 2.75) is 44.6 Å². The number of oxime groups is 1. The molecule has 1 aromatic carbocycles. The highest BCUT2D eigenvalue weighted by molar-refractivity contribution is 6.33. The molecule has 1 unspecified atom stereocenters. The summed E-state index contributed by atoms with van der Waals surface area (Å²) in [6.07, 6.45) is 10.6. The first-order valence-electron chi connectivity index (χ1n) is 11.1. The van der Waals surface area contributed by atoms with Crippen LogP contribution in [0.25, 0.3) is 0 Å². The van der Waals surface area contributed by atoms with E-state index in [0.29, 0.717) is 24.1 Å². The Morgan fingerprint density at radius 1 is 1.21 bits per heavy atom. The number of halogens is 1. The molecule has 2 aliphatic heterocycles. The van der Waals surface area contributed by atoms with Gasteiger partial charge in [-0.15, -0.1) is 0 Å². The maximum Gasteiger partial charge on any atom is 0.338 e. The number of cyclic esters (lactones) is 1. The van der Waals surface area contributed by atoms with E-state index in [2.05, 4.69) is 5.16 Å². The third kappa shape index (κ3) is 7.33. The second-order valence-corrected chi connectivity index (χ2v) is 8.35. The molecule has 2 heterocycles. The van der Waals surface area contributed by atoms with Crippen molar-refractivity contribution in [3.05, 3.63) is 52.6 Å². The summed E-state index contributed by atoms with van der Waals surface area (Å²) < 4.78 is 5.22. The van der Waals surface area contributed by atoms with Gasteiger partial charge in [0.2, 0.25) is 0 Å². The molecule has 8 nitrogen and oxygen atoms in total. The van der Waals surface area contributed by atoms with Crippen LogP contribution in [0.15, 0.2) is 41.6 Å². The fraction of sp³-hybridized carbons (Fsp3) is 0.458. The van der Waals surface area contributed by atoms with Gasteiger partial charge in [0.25, 0.3) is 5.91 Å². The summed E-state index contributed by atoms with van der Waals surface area (Å²) in [7, 11) is 0. The average molecular weight is 477 g/mol. The van der Waals surface area contributed by atoms with E-state index in [1.165, 1.54) is 12.1 Å². The van der Waals surface area contributed by atoms with Gasteiger partial charge in [0.15, 0.2) is 6.61 Å². The number of ether oxygens (including phenoxy) is 1. The zero-order valence-electron chi connectivity index (χ0n) is 18.4. The molecule has 2 N–H and O–H groups in total. The monoisotopic (exact) mass is 476 g/mol. The predicted molar refractivity (Wildman–Crippen MR) is 124 cm³/mol. The number of aliphatic hydroxyl groups excluding tert-OH is 1. The first-order chi connectivity index (χ1) is 16.0. The number of phenols is 1. The number of hydrogen-bond acceptors (Lipinski definition) is 7. The number of hydrogen-bond donors (Lipinski definition) is 2. The lowest BCUT2D eigenvalue weighted by Gasteiger charge is -2.26. The molecular weight excluding hydrogens is 448 g/mol. The normalized spacial score (nSPS) is 23.2. The fourth-order valence-electron chi connectivity index (χ4n) is 3.64. The summed E-state index contributed by atoms with van der Waals surface area (Å²) in [5, 5.41) is 24.2. The van der Waals surface area contributed by atoms with Crippen molar-refractivity contribution in [2.24, 2.45) is 5.16 Å². The SMILES string of the molecule is O=C1OCC(O)/C=C/CC/C=C/C(=N\OCC(=O)N2CCCCC2)Cc2c1ccc(O)c2Cl. The van der Waals surface area contributed by atoms with Gasteiger partial charge in [-0.3, -0.25) is 4.79 Å². The Balaban J connectivity index is 1.82. The lowest BCUT2D eigenvalue weighted by atomic mass is 10.0. The Labute approximate surface area is 198 Å². The Hall–Kier alpha value is -2.84. The number of carbonyl (C=O) groups excluding carboxylic acids is 2. The first-order valence-corrected chi connectivity index (χ1v) is 11.5. The van der Waals surface area contributed by atoms with Gasteiger partial charge in [-0.2, -0.15) is 0 Å². The molecular formula is C24H29ClN2O6. The van der Waals surface area contributed by atoms with E-state index in [1.54, 1.807) is 17.1 Å². The van der Waals surface area contributed by atoms with Crippen molar-refractivity contribution in [3.8, 4) is 5.75 Å². The van der Waals surface area contributed by atoms with Gasteiger partial charge in [-0.1, -0.05) is 35.0 Å². The molecule has 1 fully saturated rings. The minimum absolute atomic E-state index is 0.00230. The standard InChI is InChI=1S/C24H29ClN2O6/c25-23-20-14-17(26-33-16-22(30)27-12-6-3-7-13-27)8-4-1-2-5-9-18(28)15-32-24(31)19(20)10-11-21(23)29/h4-5,8-11,18,28-29H,1-3,6-7,12-16H2/b8-4+,9-5+,26-17+. The van der Waals surface area contributed by atoms with Gasteiger partial charge in [0.05, 0.1) is 16.3 Å². The number of aromatic hydroxyl groups is 1. The highest BCUT2D eigenvalue weighted by Crippen LogP contribution is 2.31. The van der Waals surface area contributed by atoms with Crippen molar-refractivity contribution in [3.63, 3.8) is 0 Å². The topological polar surface area (TPSA) is 109 Å². The number of fused-ring (bicyclic) bond motifs is 1. The molecule has 1 aromatic rings. The number of aliphatic hydroxyl groups is 1. The van der Waals surface area contributed by atoms with Gasteiger partial charge >= 0.3 is 5.97 Å². The van der Waals surface area contributed by atoms with Crippen molar-refractivity contribution in [1.82, 2.24) is 4.90 Å². The summed E-state index contributed by atoms with van der Waals surface area (Å²) in [5.74, 6) is -0.981. The third-order valence-corrected chi connectivity index (χ3v) is 5.85. The summed E-state index contributed by atoms with van der Waals surface area (Å²) in [6, 6.07) is 2.72. The molecule has 33 heavy (non-hydrogen) atoms. The molecule has 0 aliphatic carbocycles. The molecule has 1 amide bonds. The molecule has 3 rings (SSSR count). The molecule has 1 atom stereocenters. The smallest absolute Gasteiger partial charge is 0.338 e. The fourth-order valence-corrected chi connectivity index (χ4v) is 3.87. The molecule has 178 valence electrons. The number of allylic oxidation sites excluding steroid dienone is 3. The summed E-state index contributed by atoms with van der Waals surface area (Å²) in [4.78, 5) is 32.1. The van der Waals surface area contributed by atoms with Crippen LogP contribution in [-0.4, -0.2) is 65.1 Å². The van der Waals surface area contributed by atoms with E-state index >= 15 is 0 Å². The number of likely N-dealkylation sites (tertiary alicyclic amines) is 1. The number of phenolic OH excluding ortho intramolecular Hbond substituents is 1. The van der Waals surface area contributed by atoms with E-state index < -0.39 is 12.1 Å². The van der Waals surface area contributed by atoms with Crippen LogP contribution in [0.4, 0.5) is 0 Å². The van der Waals surface area contributed by atoms with Crippen LogP contribution in [0.2, 0.25) is 5.02 Å². The van der Waals surface area contributed by atoms with Crippen LogP contribution in [-0.2, 0) is 20.8 Å². The zero-order valence-corrected chi connectivity index (χ0v) is 19.2. The van der Waals surface area contributed by atoms with Gasteiger partial charge in [0.1, 0.15) is 18.5 Å². The van der Waals surface area contributed by atoms with E-state index in [9.17, 15) is 19.8 Å². The second-order valence-electron chi connectivity index (χ2n) is 7.97. The van der Waals surface area contributed by atoms with Crippen molar-refractivity contribution >= 4 is 29.2 Å². The maximum atomic E-state index is 12.6. The summed E-state index contributed by atoms with van der Waals surface area (Å²) in [6.45, 7) is 1.07. The predicted octanol–water partition coefficient (Wildman–Crippen LogP) is 3.40. The van der Waals surface area contributed by atoms with E-state index in [-0.39, 0.29) is 41.9 Å². The van der Waals surface area contributed by atoms with Gasteiger partial charge in [-0.25, -0.2) is 4.79 Å². The minimum Gasteiger partial charge on any atom is -0.506 e. The number of amides is 1. The Kier molecular flexibility index (Phi) is 9.33. The number of carbonyl (C=O) groups is 2. The maximum absolute atomic E-state index is 12.6. The minimum atomic E-state index is -0.917. The zero-order chi connectivity index (χ0) is 23.6. The molecule has 0 saturated carbocycles. The van der Waals surface area contributed by atoms with E-state index in [0.717, 1.165) is 32.4 Å². The third-order valence-electron chi connectivity index (χ3n) is 5.43. The van der Waals surface area contributed by atoms with Crippen LogP contribution in [0.3, 0.4) is 0 Å². The molecule has 0 radical (unpaired) electrons. The molecule has 0 spiro atoms. The Morgan fingerprint density at radius 2 is 1.97 bits per heavy atom.